The molecule has 0 aliphatic carbocycles. The Hall–Kier alpha value is -3.73. The van der Waals surface area contributed by atoms with Crippen LogP contribution in [0, 0.1) is 0 Å². The number of anilines is 2. The fourth-order valence-electron chi connectivity index (χ4n) is 3.39. The van der Waals surface area contributed by atoms with Crippen molar-refractivity contribution in [2.45, 2.75) is 26.2 Å². The largest absolute Gasteiger partial charge is 0.366 e. The number of carbonyl (C=O) groups is 1. The number of nitrogens with one attached hydrogen (secondary N) is 1. The number of rotatable bonds is 4. The third-order valence-corrected chi connectivity index (χ3v) is 5.14. The van der Waals surface area contributed by atoms with Gasteiger partial charge < -0.3 is 11.1 Å². The highest BCUT2D eigenvalue weighted by Gasteiger charge is 2.14. The summed E-state index contributed by atoms with van der Waals surface area (Å²) in [5.74, 6) is 0.251. The Kier molecular flexibility index (Phi) is 4.96. The van der Waals surface area contributed by atoms with Gasteiger partial charge in [0.15, 0.2) is 5.82 Å². The standard InChI is InChI=1S/C25H24N4O/c1-25(2,3)18-12-14-19(15-13-18)27-24-21-7-5-4-6-20(21)22(28-29-24)16-8-10-17(11-9-16)23(26)30/h4-15H,1-3H3,(H2,26,30)(H,27,29). The van der Waals surface area contributed by atoms with E-state index in [1.54, 1.807) is 12.1 Å². The van der Waals surface area contributed by atoms with Crippen LogP contribution in [-0.4, -0.2) is 16.1 Å². The quantitative estimate of drug-likeness (QED) is 0.481. The van der Waals surface area contributed by atoms with Gasteiger partial charge in [-0.25, -0.2) is 0 Å². The molecule has 4 aromatic rings. The Morgan fingerprint density at radius 1 is 0.833 bits per heavy atom. The fraction of sp³-hybridized carbons (Fsp3) is 0.160. The molecule has 150 valence electrons. The van der Waals surface area contributed by atoms with Crippen LogP contribution in [0.2, 0.25) is 0 Å². The lowest BCUT2D eigenvalue weighted by molar-refractivity contribution is 0.100. The van der Waals surface area contributed by atoms with Crippen LogP contribution in [-0.2, 0) is 5.41 Å². The maximum absolute atomic E-state index is 11.3. The molecule has 30 heavy (non-hydrogen) atoms. The van der Waals surface area contributed by atoms with Gasteiger partial charge >= 0.3 is 0 Å². The van der Waals surface area contributed by atoms with Gasteiger partial charge in [-0.05, 0) is 35.2 Å². The molecule has 0 saturated carbocycles. The number of nitrogens with zero attached hydrogens (tertiary/aromatic N) is 2. The minimum absolute atomic E-state index is 0.108. The van der Waals surface area contributed by atoms with Crippen LogP contribution in [0.25, 0.3) is 22.0 Å². The number of primary amides is 1. The Morgan fingerprint density at radius 2 is 1.47 bits per heavy atom. The lowest BCUT2D eigenvalue weighted by Crippen LogP contribution is -2.10. The van der Waals surface area contributed by atoms with Gasteiger partial charge in [0.05, 0.1) is 0 Å². The van der Waals surface area contributed by atoms with E-state index in [1.807, 2.05) is 36.4 Å². The summed E-state index contributed by atoms with van der Waals surface area (Å²) in [5, 5.41) is 14.3. The highest BCUT2D eigenvalue weighted by molar-refractivity contribution is 6.01. The molecular formula is C25H24N4O. The molecule has 0 radical (unpaired) electrons. The predicted octanol–water partition coefficient (Wildman–Crippen LogP) is 5.44. The Labute approximate surface area is 176 Å². The fourth-order valence-corrected chi connectivity index (χ4v) is 3.39. The molecule has 0 aliphatic rings. The van der Waals surface area contributed by atoms with Crippen molar-refractivity contribution in [1.82, 2.24) is 10.2 Å². The zero-order valence-electron chi connectivity index (χ0n) is 17.3. The lowest BCUT2D eigenvalue weighted by atomic mass is 9.87. The van der Waals surface area contributed by atoms with Gasteiger partial charge in [0, 0.05) is 27.6 Å². The molecule has 5 heteroatoms. The second-order valence-corrected chi connectivity index (χ2v) is 8.34. The summed E-state index contributed by atoms with van der Waals surface area (Å²) in [6.45, 7) is 6.59. The SMILES string of the molecule is CC(C)(C)c1ccc(Nc2nnc(-c3ccc(C(N)=O)cc3)c3ccccc23)cc1. The second-order valence-electron chi connectivity index (χ2n) is 8.34. The number of benzene rings is 3. The van der Waals surface area contributed by atoms with E-state index in [1.165, 1.54) is 5.56 Å². The summed E-state index contributed by atoms with van der Waals surface area (Å²) in [4.78, 5) is 11.3. The van der Waals surface area contributed by atoms with Crippen molar-refractivity contribution in [3.63, 3.8) is 0 Å². The Morgan fingerprint density at radius 3 is 2.07 bits per heavy atom. The van der Waals surface area contributed by atoms with Crippen molar-refractivity contribution < 1.29 is 4.79 Å². The van der Waals surface area contributed by atoms with Crippen LogP contribution >= 0.6 is 0 Å². The van der Waals surface area contributed by atoms with E-state index in [0.717, 1.165) is 27.7 Å². The van der Waals surface area contributed by atoms with Crippen molar-refractivity contribution in [2.24, 2.45) is 5.73 Å². The van der Waals surface area contributed by atoms with Gasteiger partial charge in [-0.1, -0.05) is 69.3 Å². The van der Waals surface area contributed by atoms with E-state index in [9.17, 15) is 4.79 Å². The van der Waals surface area contributed by atoms with Crippen LogP contribution in [0.5, 0.6) is 0 Å². The first-order valence-electron chi connectivity index (χ1n) is 9.86. The van der Waals surface area contributed by atoms with Gasteiger partial charge in [0.2, 0.25) is 5.91 Å². The molecule has 4 rings (SSSR count). The predicted molar refractivity (Wildman–Crippen MR) is 122 cm³/mol. The summed E-state index contributed by atoms with van der Waals surface area (Å²) < 4.78 is 0. The summed E-state index contributed by atoms with van der Waals surface area (Å²) in [6, 6.07) is 23.5. The molecule has 0 unspecified atom stereocenters. The minimum atomic E-state index is -0.450. The number of fused-ring (bicyclic) bond motifs is 1. The summed E-state index contributed by atoms with van der Waals surface area (Å²) in [6.07, 6.45) is 0. The van der Waals surface area contributed by atoms with E-state index in [0.29, 0.717) is 11.4 Å². The summed E-state index contributed by atoms with van der Waals surface area (Å²) in [5.41, 5.74) is 9.79. The number of amides is 1. The average Bonchev–Trinajstić information content (AvgIpc) is 2.74. The maximum Gasteiger partial charge on any atom is 0.248 e. The zero-order valence-corrected chi connectivity index (χ0v) is 17.3. The van der Waals surface area contributed by atoms with Crippen molar-refractivity contribution >= 4 is 28.2 Å². The Balaban J connectivity index is 1.71. The topological polar surface area (TPSA) is 80.9 Å². The van der Waals surface area contributed by atoms with Crippen LogP contribution in [0.4, 0.5) is 11.5 Å². The maximum atomic E-state index is 11.3. The number of aromatic nitrogens is 2. The van der Waals surface area contributed by atoms with E-state index in [2.05, 4.69) is 60.6 Å². The van der Waals surface area contributed by atoms with E-state index in [4.69, 9.17) is 5.73 Å². The van der Waals surface area contributed by atoms with Gasteiger partial charge in [-0.3, -0.25) is 4.79 Å². The second kappa shape index (κ2) is 7.59. The lowest BCUT2D eigenvalue weighted by Gasteiger charge is -2.19. The van der Waals surface area contributed by atoms with Gasteiger partial charge in [-0.15, -0.1) is 10.2 Å². The number of carbonyl (C=O) groups excluding carboxylic acids is 1. The van der Waals surface area contributed by atoms with Gasteiger partial charge in [-0.2, -0.15) is 0 Å². The molecule has 1 amide bonds. The van der Waals surface area contributed by atoms with Crippen LogP contribution in [0.1, 0.15) is 36.7 Å². The molecule has 0 aliphatic heterocycles. The molecule has 0 fully saturated rings. The first-order valence-corrected chi connectivity index (χ1v) is 9.86. The van der Waals surface area contributed by atoms with Crippen LogP contribution in [0.15, 0.2) is 72.8 Å². The molecule has 0 bridgehead atoms. The van der Waals surface area contributed by atoms with E-state index in [-0.39, 0.29) is 5.41 Å². The number of nitrogens with two attached hydrogens (primary N) is 1. The van der Waals surface area contributed by atoms with Crippen molar-refractivity contribution in [2.75, 3.05) is 5.32 Å². The third-order valence-electron chi connectivity index (χ3n) is 5.14. The van der Waals surface area contributed by atoms with Gasteiger partial charge in [0.25, 0.3) is 0 Å². The van der Waals surface area contributed by atoms with Crippen LogP contribution in [0.3, 0.4) is 0 Å². The molecule has 5 nitrogen and oxygen atoms in total. The molecular weight excluding hydrogens is 372 g/mol. The van der Waals surface area contributed by atoms with Gasteiger partial charge in [0.1, 0.15) is 5.69 Å². The van der Waals surface area contributed by atoms with Crippen molar-refractivity contribution in [3.8, 4) is 11.3 Å². The smallest absolute Gasteiger partial charge is 0.248 e. The average molecular weight is 396 g/mol. The van der Waals surface area contributed by atoms with E-state index < -0.39 is 5.91 Å². The monoisotopic (exact) mass is 396 g/mol. The highest BCUT2D eigenvalue weighted by Crippen LogP contribution is 2.31. The molecule has 0 spiro atoms. The first-order chi connectivity index (χ1) is 14.3. The van der Waals surface area contributed by atoms with E-state index >= 15 is 0 Å². The molecule has 3 aromatic carbocycles. The Bertz CT molecular complexity index is 1210. The number of hydrogen-bond donors (Lipinski definition) is 2. The summed E-state index contributed by atoms with van der Waals surface area (Å²) in [7, 11) is 0. The number of hydrogen-bond acceptors (Lipinski definition) is 4. The highest BCUT2D eigenvalue weighted by atomic mass is 16.1. The zero-order chi connectivity index (χ0) is 21.3. The van der Waals surface area contributed by atoms with Crippen molar-refractivity contribution in [1.29, 1.82) is 0 Å². The molecule has 0 atom stereocenters. The minimum Gasteiger partial charge on any atom is -0.366 e. The molecule has 3 N–H and O–H groups in total. The molecule has 1 heterocycles. The third kappa shape index (κ3) is 3.87. The molecule has 0 saturated heterocycles. The normalized spacial score (nSPS) is 11.4. The molecule has 1 aromatic heterocycles. The van der Waals surface area contributed by atoms with Crippen LogP contribution < -0.4 is 11.1 Å². The van der Waals surface area contributed by atoms with Crippen molar-refractivity contribution in [3.05, 3.63) is 83.9 Å². The first kappa shape index (κ1) is 19.6. The summed E-state index contributed by atoms with van der Waals surface area (Å²) >= 11 is 0.